The molecular formula is C27H32N4O3S. The van der Waals surface area contributed by atoms with Crippen LogP contribution in [0, 0.1) is 24.7 Å². The van der Waals surface area contributed by atoms with E-state index in [0.29, 0.717) is 29.8 Å². The van der Waals surface area contributed by atoms with E-state index in [1.165, 1.54) is 23.3 Å². The van der Waals surface area contributed by atoms with Gasteiger partial charge in [-0.25, -0.2) is 0 Å². The molecule has 1 amide bonds. The van der Waals surface area contributed by atoms with Crippen molar-refractivity contribution in [1.82, 2.24) is 15.2 Å². The maximum atomic E-state index is 13.4. The summed E-state index contributed by atoms with van der Waals surface area (Å²) in [7, 11) is 0. The van der Waals surface area contributed by atoms with Gasteiger partial charge < -0.3 is 9.73 Å². The molecule has 35 heavy (non-hydrogen) atoms. The molecule has 3 aromatic heterocycles. The number of fused-ring (bicyclic) bond motifs is 1. The standard InChI is InChI=1S/C27H30N4O3S.H2/c1-15-30-31-26(34-15)21-9-4-18(14-28-21)12-17-6-11-23-20(13-17)24(22(32)10-5-16-2-3-16)27(35-23)29-25(33)19-7-8-19;/h4,9,14,16-17,19H,2-3,5-8,10-13H2,1H3,(H,29,33);1H/t17-;/m1./s1. The third-order valence-electron chi connectivity index (χ3n) is 7.40. The predicted octanol–water partition coefficient (Wildman–Crippen LogP) is 5.82. The van der Waals surface area contributed by atoms with Crippen LogP contribution in [0.5, 0.6) is 0 Å². The molecular weight excluding hydrogens is 460 g/mol. The van der Waals surface area contributed by atoms with Gasteiger partial charge in [-0.1, -0.05) is 18.9 Å². The van der Waals surface area contributed by atoms with Crippen LogP contribution in [0.3, 0.4) is 0 Å². The minimum Gasteiger partial charge on any atom is -0.420 e. The van der Waals surface area contributed by atoms with E-state index >= 15 is 0 Å². The highest BCUT2D eigenvalue weighted by Gasteiger charge is 2.34. The van der Waals surface area contributed by atoms with Gasteiger partial charge in [0.25, 0.3) is 5.89 Å². The fourth-order valence-electron chi connectivity index (χ4n) is 5.04. The van der Waals surface area contributed by atoms with Gasteiger partial charge in [0, 0.05) is 31.8 Å². The number of aryl methyl sites for hydroxylation is 2. The number of pyridine rings is 1. The molecule has 0 spiro atoms. The lowest BCUT2D eigenvalue weighted by molar-refractivity contribution is -0.117. The molecule has 0 radical (unpaired) electrons. The molecule has 1 atom stereocenters. The molecule has 3 aliphatic carbocycles. The topological polar surface area (TPSA) is 98.0 Å². The van der Waals surface area contributed by atoms with E-state index in [9.17, 15) is 9.59 Å². The Hall–Kier alpha value is -2.87. The lowest BCUT2D eigenvalue weighted by Crippen LogP contribution is -2.19. The summed E-state index contributed by atoms with van der Waals surface area (Å²) < 4.78 is 5.48. The Kier molecular flexibility index (Phi) is 6.00. The summed E-state index contributed by atoms with van der Waals surface area (Å²) in [5.41, 5.74) is 3.84. The molecule has 8 heteroatoms. The van der Waals surface area contributed by atoms with Crippen LogP contribution in [-0.4, -0.2) is 26.9 Å². The zero-order valence-electron chi connectivity index (χ0n) is 20.0. The summed E-state index contributed by atoms with van der Waals surface area (Å²) in [4.78, 5) is 31.7. The van der Waals surface area contributed by atoms with Gasteiger partial charge in [-0.05, 0) is 74.0 Å². The number of ketones is 1. The fraction of sp³-hybridized carbons (Fsp3) is 0.519. The van der Waals surface area contributed by atoms with Gasteiger partial charge in [0.1, 0.15) is 10.7 Å². The van der Waals surface area contributed by atoms with Gasteiger partial charge in [-0.15, -0.1) is 21.5 Å². The summed E-state index contributed by atoms with van der Waals surface area (Å²) >= 11 is 1.64. The van der Waals surface area contributed by atoms with Crippen LogP contribution in [0.2, 0.25) is 0 Å². The van der Waals surface area contributed by atoms with Gasteiger partial charge in [0.2, 0.25) is 11.8 Å². The first-order chi connectivity index (χ1) is 17.0. The Morgan fingerprint density at radius 2 is 2.00 bits per heavy atom. The molecule has 1 N–H and O–H groups in total. The van der Waals surface area contributed by atoms with Crippen molar-refractivity contribution in [3.05, 3.63) is 45.8 Å². The molecule has 184 valence electrons. The second-order valence-electron chi connectivity index (χ2n) is 10.4. The SMILES string of the molecule is Cc1nnc(-c2ccc(C[C@H]3CCc4sc(NC(=O)C5CC5)c(C(=O)CCC5CC5)c4C3)cn2)o1.[HH]. The Morgan fingerprint density at radius 1 is 1.14 bits per heavy atom. The summed E-state index contributed by atoms with van der Waals surface area (Å²) in [6.07, 6.45) is 11.7. The van der Waals surface area contributed by atoms with E-state index < -0.39 is 0 Å². The quantitative estimate of drug-likeness (QED) is 0.378. The smallest absolute Gasteiger partial charge is 0.266 e. The normalized spacial score (nSPS) is 19.4. The second kappa shape index (κ2) is 9.30. The van der Waals surface area contributed by atoms with Crippen molar-refractivity contribution in [3.8, 4) is 11.6 Å². The highest BCUT2D eigenvalue weighted by atomic mass is 32.1. The zero-order chi connectivity index (χ0) is 23.9. The van der Waals surface area contributed by atoms with E-state index in [4.69, 9.17) is 4.42 Å². The maximum Gasteiger partial charge on any atom is 0.266 e. The fourth-order valence-corrected chi connectivity index (χ4v) is 6.31. The van der Waals surface area contributed by atoms with Crippen molar-refractivity contribution in [2.24, 2.45) is 17.8 Å². The first-order valence-corrected chi connectivity index (χ1v) is 13.6. The van der Waals surface area contributed by atoms with Crippen LogP contribution in [-0.2, 0) is 24.1 Å². The molecule has 0 aromatic carbocycles. The van der Waals surface area contributed by atoms with Gasteiger partial charge in [0.15, 0.2) is 5.78 Å². The molecule has 7 nitrogen and oxygen atoms in total. The van der Waals surface area contributed by atoms with Crippen molar-refractivity contribution in [2.75, 3.05) is 5.32 Å². The summed E-state index contributed by atoms with van der Waals surface area (Å²) in [5.74, 6) is 2.54. The summed E-state index contributed by atoms with van der Waals surface area (Å²) in [6, 6.07) is 4.01. The lowest BCUT2D eigenvalue weighted by Gasteiger charge is -2.23. The van der Waals surface area contributed by atoms with E-state index in [0.717, 1.165) is 67.0 Å². The molecule has 2 saturated carbocycles. The first-order valence-electron chi connectivity index (χ1n) is 12.8. The molecule has 3 heterocycles. The van der Waals surface area contributed by atoms with Crippen molar-refractivity contribution in [2.45, 2.75) is 71.1 Å². The zero-order valence-corrected chi connectivity index (χ0v) is 20.8. The number of nitrogens with zero attached hydrogens (tertiary/aromatic N) is 3. The maximum absolute atomic E-state index is 13.4. The van der Waals surface area contributed by atoms with Crippen molar-refractivity contribution in [1.29, 1.82) is 0 Å². The third kappa shape index (κ3) is 5.08. The minimum atomic E-state index is 0. The van der Waals surface area contributed by atoms with Crippen LogP contribution in [0.15, 0.2) is 22.7 Å². The molecule has 6 rings (SSSR count). The predicted molar refractivity (Wildman–Crippen MR) is 136 cm³/mol. The average molecular weight is 493 g/mol. The Bertz CT molecular complexity index is 1260. The molecule has 3 aliphatic rings. The number of hydrogen-bond acceptors (Lipinski definition) is 7. The molecule has 0 bridgehead atoms. The first kappa shape index (κ1) is 22.6. The number of rotatable bonds is 9. The Labute approximate surface area is 210 Å². The van der Waals surface area contributed by atoms with Crippen LogP contribution in [0.25, 0.3) is 11.6 Å². The minimum absolute atomic E-state index is 0. The van der Waals surface area contributed by atoms with E-state index in [1.807, 2.05) is 12.3 Å². The van der Waals surface area contributed by atoms with Crippen molar-refractivity contribution >= 4 is 28.0 Å². The van der Waals surface area contributed by atoms with Crippen LogP contribution >= 0.6 is 11.3 Å². The second-order valence-corrected chi connectivity index (χ2v) is 11.5. The van der Waals surface area contributed by atoms with E-state index in [2.05, 4.69) is 26.6 Å². The highest BCUT2D eigenvalue weighted by Crippen LogP contribution is 2.43. The highest BCUT2D eigenvalue weighted by molar-refractivity contribution is 7.17. The van der Waals surface area contributed by atoms with Gasteiger partial charge >= 0.3 is 0 Å². The van der Waals surface area contributed by atoms with Crippen LogP contribution in [0.4, 0.5) is 5.00 Å². The lowest BCUT2D eigenvalue weighted by atomic mass is 9.82. The molecule has 3 aromatic rings. The summed E-state index contributed by atoms with van der Waals surface area (Å²) in [5, 5.41) is 11.8. The molecule has 2 fully saturated rings. The number of anilines is 1. The monoisotopic (exact) mass is 492 g/mol. The Balaban J connectivity index is 0.00000267. The number of carbonyl (C=O) groups is 2. The molecule has 0 aliphatic heterocycles. The molecule has 0 unspecified atom stereocenters. The number of amides is 1. The van der Waals surface area contributed by atoms with Crippen molar-refractivity contribution < 1.29 is 15.4 Å². The Morgan fingerprint density at radius 3 is 2.69 bits per heavy atom. The number of Topliss-reactive ketones (excluding diaryl/α,β-unsaturated/α-hetero) is 1. The van der Waals surface area contributed by atoms with Gasteiger partial charge in [0.05, 0.1) is 5.56 Å². The van der Waals surface area contributed by atoms with E-state index in [-0.39, 0.29) is 19.0 Å². The summed E-state index contributed by atoms with van der Waals surface area (Å²) in [6.45, 7) is 1.76. The van der Waals surface area contributed by atoms with Gasteiger partial charge in [-0.2, -0.15) is 0 Å². The van der Waals surface area contributed by atoms with Crippen LogP contribution < -0.4 is 5.32 Å². The number of hydrogen-bond donors (Lipinski definition) is 1. The number of carbonyl (C=O) groups excluding carboxylic acids is 2. The third-order valence-corrected chi connectivity index (χ3v) is 8.60. The van der Waals surface area contributed by atoms with Crippen molar-refractivity contribution in [3.63, 3.8) is 0 Å². The van der Waals surface area contributed by atoms with Crippen LogP contribution in [0.1, 0.15) is 78.6 Å². The number of nitrogens with one attached hydrogen (secondary N) is 1. The number of thiophene rings is 1. The average Bonchev–Trinajstić information content (AvgIpc) is 3.78. The number of aromatic nitrogens is 3. The largest absolute Gasteiger partial charge is 0.420 e. The van der Waals surface area contributed by atoms with E-state index in [1.54, 1.807) is 18.3 Å². The molecule has 0 saturated heterocycles. The van der Waals surface area contributed by atoms with Gasteiger partial charge in [-0.3, -0.25) is 14.6 Å².